The molecule has 0 spiro atoms. The second-order valence-corrected chi connectivity index (χ2v) is 5.37. The van der Waals surface area contributed by atoms with E-state index in [1.54, 1.807) is 0 Å². The van der Waals surface area contributed by atoms with Crippen molar-refractivity contribution in [1.82, 2.24) is 4.90 Å². The fraction of sp³-hybridized carbons (Fsp3) is 0.900. The molecule has 80 valence electrons. The maximum atomic E-state index is 11.7. The van der Waals surface area contributed by atoms with Gasteiger partial charge in [-0.05, 0) is 31.1 Å². The molecule has 0 bridgehead atoms. The molecular weight excluding hydrogens is 196 g/mol. The molecule has 2 aliphatic rings. The topological polar surface area (TPSA) is 46.3 Å². The van der Waals surface area contributed by atoms with Gasteiger partial charge in [0.1, 0.15) is 0 Å². The predicted octanol–water partition coefficient (Wildman–Crippen LogP) is 0.689. The lowest BCUT2D eigenvalue weighted by Crippen LogP contribution is -2.40. The number of nitrogens with two attached hydrogens (primary N) is 1. The molecule has 1 amide bonds. The maximum Gasteiger partial charge on any atom is 0.223 e. The van der Waals surface area contributed by atoms with Crippen LogP contribution in [0.25, 0.3) is 0 Å². The van der Waals surface area contributed by atoms with Crippen LogP contribution in [-0.2, 0) is 4.79 Å². The Hall–Kier alpha value is -0.220. The van der Waals surface area contributed by atoms with E-state index >= 15 is 0 Å². The molecule has 0 aromatic rings. The number of thioether (sulfide) groups is 1. The molecule has 4 heteroatoms. The third-order valence-corrected chi connectivity index (χ3v) is 4.35. The summed E-state index contributed by atoms with van der Waals surface area (Å²) in [5, 5.41) is 0. The fourth-order valence-electron chi connectivity index (χ4n) is 2.29. The smallest absolute Gasteiger partial charge is 0.223 e. The highest BCUT2D eigenvalue weighted by atomic mass is 32.2. The maximum absolute atomic E-state index is 11.7. The van der Waals surface area contributed by atoms with Crippen molar-refractivity contribution in [2.75, 3.05) is 24.6 Å². The minimum absolute atomic E-state index is 0.327. The van der Waals surface area contributed by atoms with Gasteiger partial charge in [0.25, 0.3) is 0 Å². The Morgan fingerprint density at radius 3 is 3.00 bits per heavy atom. The zero-order chi connectivity index (χ0) is 9.97. The van der Waals surface area contributed by atoms with Crippen LogP contribution in [0.1, 0.15) is 19.3 Å². The minimum atomic E-state index is 0.327. The molecule has 2 rings (SSSR count). The summed E-state index contributed by atoms with van der Waals surface area (Å²) < 4.78 is 0. The van der Waals surface area contributed by atoms with Gasteiger partial charge < -0.3 is 10.6 Å². The Kier molecular flexibility index (Phi) is 3.34. The van der Waals surface area contributed by atoms with Crippen molar-refractivity contribution < 1.29 is 4.79 Å². The standard InChI is InChI=1S/C10H18N2OS/c11-5-8-4-10(13)12(6-8)9-2-1-3-14-7-9/h8-9H,1-7,11H2. The summed E-state index contributed by atoms with van der Waals surface area (Å²) in [4.78, 5) is 13.8. The highest BCUT2D eigenvalue weighted by molar-refractivity contribution is 7.99. The van der Waals surface area contributed by atoms with E-state index in [0.29, 0.717) is 30.8 Å². The zero-order valence-corrected chi connectivity index (χ0v) is 9.26. The van der Waals surface area contributed by atoms with E-state index in [-0.39, 0.29) is 0 Å². The molecule has 0 aromatic heterocycles. The van der Waals surface area contributed by atoms with E-state index in [1.807, 2.05) is 11.8 Å². The third-order valence-electron chi connectivity index (χ3n) is 3.15. The van der Waals surface area contributed by atoms with E-state index in [0.717, 1.165) is 12.3 Å². The van der Waals surface area contributed by atoms with Crippen molar-refractivity contribution >= 4 is 17.7 Å². The van der Waals surface area contributed by atoms with Crippen molar-refractivity contribution in [3.05, 3.63) is 0 Å². The van der Waals surface area contributed by atoms with Crippen LogP contribution in [0.5, 0.6) is 0 Å². The van der Waals surface area contributed by atoms with E-state index in [4.69, 9.17) is 5.73 Å². The Morgan fingerprint density at radius 1 is 1.57 bits per heavy atom. The normalized spacial score (nSPS) is 33.8. The van der Waals surface area contributed by atoms with Crippen molar-refractivity contribution in [1.29, 1.82) is 0 Å². The fourth-order valence-corrected chi connectivity index (χ4v) is 3.44. The molecule has 2 saturated heterocycles. The van der Waals surface area contributed by atoms with Crippen molar-refractivity contribution in [2.24, 2.45) is 11.7 Å². The first-order chi connectivity index (χ1) is 6.81. The molecule has 0 aliphatic carbocycles. The summed E-state index contributed by atoms with van der Waals surface area (Å²) in [5.74, 6) is 3.13. The van der Waals surface area contributed by atoms with Gasteiger partial charge in [-0.15, -0.1) is 0 Å². The third kappa shape index (κ3) is 2.06. The lowest BCUT2D eigenvalue weighted by atomic mass is 10.1. The van der Waals surface area contributed by atoms with E-state index < -0.39 is 0 Å². The lowest BCUT2D eigenvalue weighted by Gasteiger charge is -2.30. The number of hydrogen-bond donors (Lipinski definition) is 1. The Balaban J connectivity index is 1.93. The molecule has 2 unspecified atom stereocenters. The predicted molar refractivity (Wildman–Crippen MR) is 59.2 cm³/mol. The van der Waals surface area contributed by atoms with Crippen molar-refractivity contribution in [3.63, 3.8) is 0 Å². The number of amides is 1. The minimum Gasteiger partial charge on any atom is -0.339 e. The SMILES string of the molecule is NCC1CC(=O)N(C2CCCSC2)C1. The summed E-state index contributed by atoms with van der Waals surface area (Å²) in [5.41, 5.74) is 5.60. The van der Waals surface area contributed by atoms with E-state index in [2.05, 4.69) is 4.90 Å². The summed E-state index contributed by atoms with van der Waals surface area (Å²) in [6, 6.07) is 0.498. The van der Waals surface area contributed by atoms with Crippen LogP contribution < -0.4 is 5.73 Å². The van der Waals surface area contributed by atoms with Gasteiger partial charge in [-0.3, -0.25) is 4.79 Å². The van der Waals surface area contributed by atoms with Crippen LogP contribution in [0.2, 0.25) is 0 Å². The molecule has 2 fully saturated rings. The first-order valence-electron chi connectivity index (χ1n) is 5.38. The molecule has 0 aromatic carbocycles. The molecule has 0 radical (unpaired) electrons. The molecule has 2 atom stereocenters. The van der Waals surface area contributed by atoms with Gasteiger partial charge in [0, 0.05) is 24.8 Å². The highest BCUT2D eigenvalue weighted by Gasteiger charge is 2.33. The first-order valence-corrected chi connectivity index (χ1v) is 6.54. The second kappa shape index (κ2) is 4.53. The molecule has 2 N–H and O–H groups in total. The Morgan fingerprint density at radius 2 is 2.43 bits per heavy atom. The van der Waals surface area contributed by atoms with Crippen LogP contribution >= 0.6 is 11.8 Å². The largest absolute Gasteiger partial charge is 0.339 e. The summed E-state index contributed by atoms with van der Waals surface area (Å²) in [7, 11) is 0. The first kappa shape index (κ1) is 10.3. The summed E-state index contributed by atoms with van der Waals surface area (Å²) in [6.45, 7) is 1.56. The molecule has 0 saturated carbocycles. The molecule has 14 heavy (non-hydrogen) atoms. The average molecular weight is 214 g/mol. The molecule has 3 nitrogen and oxygen atoms in total. The number of carbonyl (C=O) groups excluding carboxylic acids is 1. The van der Waals surface area contributed by atoms with Gasteiger partial charge in [0.15, 0.2) is 0 Å². The number of nitrogens with zero attached hydrogens (tertiary/aromatic N) is 1. The van der Waals surface area contributed by atoms with Crippen LogP contribution in [0.3, 0.4) is 0 Å². The Bertz CT molecular complexity index is 216. The number of rotatable bonds is 2. The van der Waals surface area contributed by atoms with E-state index in [1.165, 1.54) is 18.6 Å². The number of carbonyl (C=O) groups is 1. The second-order valence-electron chi connectivity index (χ2n) is 4.22. The summed E-state index contributed by atoms with van der Waals surface area (Å²) in [6.07, 6.45) is 3.13. The molecule has 2 heterocycles. The lowest BCUT2D eigenvalue weighted by molar-refractivity contribution is -0.129. The van der Waals surface area contributed by atoms with Crippen molar-refractivity contribution in [2.45, 2.75) is 25.3 Å². The van der Waals surface area contributed by atoms with Gasteiger partial charge in [0.2, 0.25) is 5.91 Å². The van der Waals surface area contributed by atoms with Gasteiger partial charge in [-0.25, -0.2) is 0 Å². The highest BCUT2D eigenvalue weighted by Crippen LogP contribution is 2.27. The number of hydrogen-bond acceptors (Lipinski definition) is 3. The van der Waals surface area contributed by atoms with Gasteiger partial charge in [-0.2, -0.15) is 11.8 Å². The van der Waals surface area contributed by atoms with Gasteiger partial charge in [0.05, 0.1) is 0 Å². The van der Waals surface area contributed by atoms with Gasteiger partial charge in [-0.1, -0.05) is 0 Å². The van der Waals surface area contributed by atoms with E-state index in [9.17, 15) is 4.79 Å². The number of likely N-dealkylation sites (tertiary alicyclic amines) is 1. The van der Waals surface area contributed by atoms with Crippen LogP contribution in [0.4, 0.5) is 0 Å². The zero-order valence-electron chi connectivity index (χ0n) is 8.45. The quantitative estimate of drug-likeness (QED) is 0.735. The molecule has 2 aliphatic heterocycles. The summed E-state index contributed by atoms with van der Waals surface area (Å²) >= 11 is 1.98. The monoisotopic (exact) mass is 214 g/mol. The van der Waals surface area contributed by atoms with Crippen LogP contribution in [0, 0.1) is 5.92 Å². The Labute approximate surface area is 89.4 Å². The van der Waals surface area contributed by atoms with Gasteiger partial charge >= 0.3 is 0 Å². The van der Waals surface area contributed by atoms with Crippen LogP contribution in [0.15, 0.2) is 0 Å². The molecular formula is C10H18N2OS. The average Bonchev–Trinajstić information content (AvgIpc) is 2.61. The van der Waals surface area contributed by atoms with Crippen molar-refractivity contribution in [3.8, 4) is 0 Å². The van der Waals surface area contributed by atoms with Crippen LogP contribution in [-0.4, -0.2) is 41.4 Å².